The van der Waals surface area contributed by atoms with Gasteiger partial charge in [-0.1, -0.05) is 30.3 Å². The molecule has 0 spiro atoms. The van der Waals surface area contributed by atoms with Gasteiger partial charge >= 0.3 is 0 Å². The molecule has 1 aromatic carbocycles. The first-order valence-corrected chi connectivity index (χ1v) is 5.93. The van der Waals surface area contributed by atoms with Gasteiger partial charge in [-0.15, -0.1) is 0 Å². The number of likely N-dealkylation sites (tertiary alicyclic amines) is 1. The third-order valence-electron chi connectivity index (χ3n) is 3.08. The van der Waals surface area contributed by atoms with Gasteiger partial charge in [-0.3, -0.25) is 4.79 Å². The molecule has 1 amide bonds. The van der Waals surface area contributed by atoms with Crippen LogP contribution in [0.3, 0.4) is 0 Å². The van der Waals surface area contributed by atoms with E-state index in [0.717, 1.165) is 6.42 Å². The molecule has 1 heterocycles. The van der Waals surface area contributed by atoms with E-state index in [4.69, 9.17) is 10.8 Å². The lowest BCUT2D eigenvalue weighted by molar-refractivity contribution is -0.142. The van der Waals surface area contributed by atoms with Crippen molar-refractivity contribution in [3.63, 3.8) is 0 Å². The fraction of sp³-hybridized carbons (Fsp3) is 0.462. The van der Waals surface area contributed by atoms with E-state index in [-0.39, 0.29) is 12.0 Å². The Morgan fingerprint density at radius 2 is 2.06 bits per heavy atom. The lowest BCUT2D eigenvalue weighted by Crippen LogP contribution is -2.57. The first kappa shape index (κ1) is 12.1. The molecule has 1 unspecified atom stereocenters. The zero-order chi connectivity index (χ0) is 12.3. The summed E-state index contributed by atoms with van der Waals surface area (Å²) in [7, 11) is 0. The molecule has 1 fully saturated rings. The predicted octanol–water partition coefficient (Wildman–Crippen LogP) is 0.150. The van der Waals surface area contributed by atoms with Crippen molar-refractivity contribution in [3.8, 4) is 0 Å². The van der Waals surface area contributed by atoms with Gasteiger partial charge in [0.15, 0.2) is 0 Å². The summed E-state index contributed by atoms with van der Waals surface area (Å²) in [4.78, 5) is 13.4. The Balaban J connectivity index is 1.77. The molecule has 1 aliphatic rings. The molecule has 4 heteroatoms. The predicted molar refractivity (Wildman–Crippen MR) is 65.3 cm³/mol. The number of benzene rings is 1. The minimum Gasteiger partial charge on any atom is -0.389 e. The SMILES string of the molecule is NC(CCc1ccccc1)C(=O)N1CC(O)C1. The number of carbonyl (C=O) groups excluding carboxylic acids is 1. The van der Waals surface area contributed by atoms with Gasteiger partial charge in [0.25, 0.3) is 0 Å². The number of rotatable bonds is 4. The van der Waals surface area contributed by atoms with Crippen LogP contribution in [0.1, 0.15) is 12.0 Å². The summed E-state index contributed by atoms with van der Waals surface area (Å²) >= 11 is 0. The zero-order valence-corrected chi connectivity index (χ0v) is 9.75. The molecular formula is C13H18N2O2. The number of aryl methyl sites for hydroxylation is 1. The van der Waals surface area contributed by atoms with Crippen molar-refractivity contribution in [2.24, 2.45) is 5.73 Å². The summed E-state index contributed by atoms with van der Waals surface area (Å²) in [6, 6.07) is 9.54. The Morgan fingerprint density at radius 3 is 2.65 bits per heavy atom. The number of aliphatic hydroxyl groups is 1. The number of β-amino-alcohol motifs (C(OH)–C–C–N with tert-alkyl or cyclic N) is 1. The van der Waals surface area contributed by atoms with Gasteiger partial charge in [-0.2, -0.15) is 0 Å². The second-order valence-electron chi connectivity index (χ2n) is 4.53. The molecule has 0 aliphatic carbocycles. The summed E-state index contributed by atoms with van der Waals surface area (Å²) < 4.78 is 0. The highest BCUT2D eigenvalue weighted by molar-refractivity contribution is 5.82. The Labute approximate surface area is 101 Å². The second-order valence-corrected chi connectivity index (χ2v) is 4.53. The van der Waals surface area contributed by atoms with Crippen LogP contribution in [0.2, 0.25) is 0 Å². The van der Waals surface area contributed by atoms with Crippen molar-refractivity contribution in [3.05, 3.63) is 35.9 Å². The largest absolute Gasteiger partial charge is 0.389 e. The van der Waals surface area contributed by atoms with Crippen LogP contribution in [-0.2, 0) is 11.2 Å². The van der Waals surface area contributed by atoms with E-state index in [0.29, 0.717) is 19.5 Å². The Morgan fingerprint density at radius 1 is 1.41 bits per heavy atom. The normalized spacial score (nSPS) is 17.6. The van der Waals surface area contributed by atoms with Crippen LogP contribution in [0.4, 0.5) is 0 Å². The topological polar surface area (TPSA) is 66.6 Å². The molecular weight excluding hydrogens is 216 g/mol. The van der Waals surface area contributed by atoms with Crippen LogP contribution in [0.15, 0.2) is 30.3 Å². The molecule has 0 radical (unpaired) electrons. The van der Waals surface area contributed by atoms with Crippen molar-refractivity contribution in [1.82, 2.24) is 4.90 Å². The maximum absolute atomic E-state index is 11.8. The maximum Gasteiger partial charge on any atom is 0.239 e. The third-order valence-corrected chi connectivity index (χ3v) is 3.08. The maximum atomic E-state index is 11.8. The molecule has 0 saturated carbocycles. The van der Waals surface area contributed by atoms with E-state index in [1.54, 1.807) is 4.90 Å². The van der Waals surface area contributed by atoms with Crippen molar-refractivity contribution >= 4 is 5.91 Å². The van der Waals surface area contributed by atoms with E-state index >= 15 is 0 Å². The Hall–Kier alpha value is -1.39. The molecule has 1 aromatic rings. The van der Waals surface area contributed by atoms with Gasteiger partial charge in [-0.25, -0.2) is 0 Å². The summed E-state index contributed by atoms with van der Waals surface area (Å²) in [5.41, 5.74) is 7.04. The molecule has 0 bridgehead atoms. The number of hydrogen-bond donors (Lipinski definition) is 2. The average molecular weight is 234 g/mol. The monoisotopic (exact) mass is 234 g/mol. The van der Waals surface area contributed by atoms with Crippen LogP contribution >= 0.6 is 0 Å². The van der Waals surface area contributed by atoms with Gasteiger partial charge in [-0.05, 0) is 18.4 Å². The Bertz CT molecular complexity index is 374. The molecule has 1 atom stereocenters. The molecule has 3 N–H and O–H groups in total. The summed E-state index contributed by atoms with van der Waals surface area (Å²) in [6.45, 7) is 0.857. The van der Waals surface area contributed by atoms with Crippen LogP contribution in [0, 0.1) is 0 Å². The van der Waals surface area contributed by atoms with Crippen LogP contribution in [-0.4, -0.2) is 41.1 Å². The van der Waals surface area contributed by atoms with Gasteiger partial charge in [0, 0.05) is 13.1 Å². The minimum absolute atomic E-state index is 0.0498. The number of nitrogens with zero attached hydrogens (tertiary/aromatic N) is 1. The minimum atomic E-state index is -0.456. The summed E-state index contributed by atoms with van der Waals surface area (Å²) in [5, 5.41) is 9.12. The van der Waals surface area contributed by atoms with Gasteiger partial charge in [0.1, 0.15) is 0 Å². The van der Waals surface area contributed by atoms with Crippen LogP contribution < -0.4 is 5.73 Å². The highest BCUT2D eigenvalue weighted by Gasteiger charge is 2.31. The quantitative estimate of drug-likeness (QED) is 0.779. The molecule has 1 saturated heterocycles. The van der Waals surface area contributed by atoms with E-state index < -0.39 is 6.04 Å². The first-order chi connectivity index (χ1) is 8.16. The number of amides is 1. The number of carbonyl (C=O) groups is 1. The number of nitrogens with two attached hydrogens (primary N) is 1. The van der Waals surface area contributed by atoms with E-state index in [9.17, 15) is 4.79 Å². The lowest BCUT2D eigenvalue weighted by atomic mass is 10.0. The van der Waals surface area contributed by atoms with Gasteiger partial charge in [0.2, 0.25) is 5.91 Å². The van der Waals surface area contributed by atoms with E-state index in [1.165, 1.54) is 5.56 Å². The van der Waals surface area contributed by atoms with Crippen LogP contribution in [0.25, 0.3) is 0 Å². The van der Waals surface area contributed by atoms with Crippen LogP contribution in [0.5, 0.6) is 0 Å². The van der Waals surface area contributed by atoms with Crippen molar-refractivity contribution < 1.29 is 9.90 Å². The lowest BCUT2D eigenvalue weighted by Gasteiger charge is -2.37. The van der Waals surface area contributed by atoms with Gasteiger partial charge in [0.05, 0.1) is 12.1 Å². The standard InChI is InChI=1S/C13H18N2O2/c14-12(13(17)15-8-11(16)9-15)7-6-10-4-2-1-3-5-10/h1-5,11-12,16H,6-9,14H2. The molecule has 2 rings (SSSR count). The third kappa shape index (κ3) is 3.05. The van der Waals surface area contributed by atoms with E-state index in [1.807, 2.05) is 30.3 Å². The molecule has 17 heavy (non-hydrogen) atoms. The van der Waals surface area contributed by atoms with Crippen molar-refractivity contribution in [1.29, 1.82) is 0 Å². The Kier molecular flexibility index (Phi) is 3.76. The highest BCUT2D eigenvalue weighted by atomic mass is 16.3. The molecule has 0 aromatic heterocycles. The molecule has 92 valence electrons. The highest BCUT2D eigenvalue weighted by Crippen LogP contribution is 2.11. The average Bonchev–Trinajstić information content (AvgIpc) is 2.32. The van der Waals surface area contributed by atoms with E-state index in [2.05, 4.69) is 0 Å². The van der Waals surface area contributed by atoms with Gasteiger partial charge < -0.3 is 15.7 Å². The fourth-order valence-electron chi connectivity index (χ4n) is 1.96. The van der Waals surface area contributed by atoms with Crippen molar-refractivity contribution in [2.45, 2.75) is 25.0 Å². The second kappa shape index (κ2) is 5.29. The summed E-state index contributed by atoms with van der Waals surface area (Å²) in [6.07, 6.45) is 1.10. The molecule has 1 aliphatic heterocycles. The smallest absolute Gasteiger partial charge is 0.239 e. The first-order valence-electron chi connectivity index (χ1n) is 5.93. The molecule has 4 nitrogen and oxygen atoms in total. The van der Waals surface area contributed by atoms with Crippen molar-refractivity contribution in [2.75, 3.05) is 13.1 Å². The zero-order valence-electron chi connectivity index (χ0n) is 9.75. The number of hydrogen-bond acceptors (Lipinski definition) is 3. The number of aliphatic hydroxyl groups excluding tert-OH is 1. The summed E-state index contributed by atoms with van der Waals surface area (Å²) in [5.74, 6) is -0.0498. The fourth-order valence-corrected chi connectivity index (χ4v) is 1.96.